The van der Waals surface area contributed by atoms with E-state index in [0.29, 0.717) is 25.2 Å². The van der Waals surface area contributed by atoms with Crippen molar-refractivity contribution in [3.05, 3.63) is 35.9 Å². The minimum absolute atomic E-state index is 0. The van der Waals surface area contributed by atoms with Crippen LogP contribution in [0.2, 0.25) is 0 Å². The fourth-order valence-electron chi connectivity index (χ4n) is 7.21. The van der Waals surface area contributed by atoms with Gasteiger partial charge in [0.1, 0.15) is 6.04 Å². The first-order chi connectivity index (χ1) is 20.2. The number of aliphatic hydroxyl groups is 1. The predicted octanol–water partition coefficient (Wildman–Crippen LogP) is 2.77. The van der Waals surface area contributed by atoms with Crippen molar-refractivity contribution in [1.82, 2.24) is 15.1 Å². The number of carbonyl (C=O) groups excluding carboxylic acids is 3. The molecule has 43 heavy (non-hydrogen) atoms. The molecule has 7 N–H and O–H groups in total. The zero-order valence-corrected chi connectivity index (χ0v) is 25.6. The molecule has 1 heterocycles. The zero-order valence-electron chi connectivity index (χ0n) is 24.8. The fraction of sp³-hybridized carbons (Fsp3) is 0.677. The quantitative estimate of drug-likeness (QED) is 0.198. The number of fused-ring (bicyclic) bond motifs is 2. The van der Waals surface area contributed by atoms with Gasteiger partial charge in [-0.15, -0.1) is 12.4 Å². The minimum Gasteiger partial charge on any atom is -0.465 e. The lowest BCUT2D eigenvalue weighted by molar-refractivity contribution is -0.145. The number of unbranched alkanes of at least 4 members (excludes halogenated alkanes) is 1. The summed E-state index contributed by atoms with van der Waals surface area (Å²) in [5.41, 5.74) is 12.7. The standard InChI is InChI=1S/C31H47N5O6.ClH/c32-24(17-20-9-3-1-4-10-20)30(40)36-23-15-14-22(18-23)26(36)29(39)34-25(27(37)28(33)38)13-7-8-16-35(31(41)42)19-21-11-5-2-6-12-21;/h2,5-6,11-12,20,22-27,37H,1,3-4,7-10,13-19,32H2,(H2,33,38)(H,34,39)(H,41,42);1H/t22?,23?,24-,25?,26+,27?;/m1./s1. The number of hydrogen-bond acceptors (Lipinski definition) is 6. The highest BCUT2D eigenvalue weighted by Crippen LogP contribution is 2.43. The topological polar surface area (TPSA) is 179 Å². The van der Waals surface area contributed by atoms with E-state index < -0.39 is 42.1 Å². The molecule has 0 aromatic heterocycles. The number of likely N-dealkylation sites (tertiary alicyclic amines) is 1. The van der Waals surface area contributed by atoms with E-state index in [2.05, 4.69) is 5.32 Å². The van der Waals surface area contributed by atoms with Crippen LogP contribution in [-0.2, 0) is 20.9 Å². The Kier molecular flexibility index (Phi) is 13.1. The van der Waals surface area contributed by atoms with Crippen LogP contribution >= 0.6 is 12.4 Å². The second-order valence-electron chi connectivity index (χ2n) is 12.4. The molecule has 2 aliphatic carbocycles. The number of halogens is 1. The van der Waals surface area contributed by atoms with Gasteiger partial charge in [-0.05, 0) is 62.3 Å². The maximum absolute atomic E-state index is 13.6. The van der Waals surface area contributed by atoms with Gasteiger partial charge in [0.05, 0.1) is 12.1 Å². The molecule has 1 aliphatic heterocycles. The number of primary amides is 1. The maximum atomic E-state index is 13.6. The number of hydrogen-bond donors (Lipinski definition) is 5. The second kappa shape index (κ2) is 16.3. The van der Waals surface area contributed by atoms with Crippen LogP contribution in [0.3, 0.4) is 0 Å². The summed E-state index contributed by atoms with van der Waals surface area (Å²) < 4.78 is 0. The van der Waals surface area contributed by atoms with Crippen molar-refractivity contribution in [2.24, 2.45) is 23.3 Å². The van der Waals surface area contributed by atoms with E-state index in [4.69, 9.17) is 11.5 Å². The SMILES string of the molecule is Cl.NC(=O)C(O)C(CCCCN(Cc1ccccc1)C(=O)O)NC(=O)[C@@H]1C2CCC(C2)N1C(=O)[C@H](N)CC1CCCCC1. The van der Waals surface area contributed by atoms with Gasteiger partial charge in [-0.2, -0.15) is 0 Å². The van der Waals surface area contributed by atoms with Gasteiger partial charge in [-0.25, -0.2) is 4.79 Å². The Morgan fingerprint density at radius 1 is 1.02 bits per heavy atom. The predicted molar refractivity (Wildman–Crippen MR) is 164 cm³/mol. The molecule has 1 aromatic carbocycles. The van der Waals surface area contributed by atoms with Crippen molar-refractivity contribution < 1.29 is 29.4 Å². The van der Waals surface area contributed by atoms with Crippen LogP contribution in [0.25, 0.3) is 0 Å². The van der Waals surface area contributed by atoms with Gasteiger partial charge >= 0.3 is 6.09 Å². The zero-order chi connectivity index (χ0) is 30.2. The molecule has 1 saturated heterocycles. The number of nitrogens with two attached hydrogens (primary N) is 2. The number of nitrogens with zero attached hydrogens (tertiary/aromatic N) is 2. The number of aliphatic hydroxyl groups excluding tert-OH is 1. The molecular formula is C31H48ClN5O6. The van der Waals surface area contributed by atoms with Crippen LogP contribution in [0.15, 0.2) is 30.3 Å². The Bertz CT molecular complexity index is 1090. The Balaban J connectivity index is 0.00000506. The molecule has 0 radical (unpaired) electrons. The van der Waals surface area contributed by atoms with Crippen LogP contribution in [0.5, 0.6) is 0 Å². The molecule has 11 nitrogen and oxygen atoms in total. The van der Waals surface area contributed by atoms with E-state index in [1.54, 1.807) is 4.90 Å². The summed E-state index contributed by atoms with van der Waals surface area (Å²) in [6.07, 6.45) is 7.25. The lowest BCUT2D eigenvalue weighted by Crippen LogP contribution is -2.59. The van der Waals surface area contributed by atoms with Crippen LogP contribution in [0.1, 0.15) is 82.6 Å². The van der Waals surface area contributed by atoms with Gasteiger partial charge in [0, 0.05) is 19.1 Å². The molecule has 6 atom stereocenters. The largest absolute Gasteiger partial charge is 0.465 e. The summed E-state index contributed by atoms with van der Waals surface area (Å²) in [6.45, 7) is 0.502. The first-order valence-corrected chi connectivity index (χ1v) is 15.5. The van der Waals surface area contributed by atoms with Gasteiger partial charge in [0.25, 0.3) is 0 Å². The number of rotatable bonds is 14. The van der Waals surface area contributed by atoms with Gasteiger partial charge in [-0.3, -0.25) is 14.4 Å². The van der Waals surface area contributed by atoms with Crippen molar-refractivity contribution in [3.8, 4) is 0 Å². The molecule has 1 aromatic rings. The summed E-state index contributed by atoms with van der Waals surface area (Å²) in [6, 6.07) is 6.97. The Labute approximate surface area is 260 Å². The molecular weight excluding hydrogens is 574 g/mol. The summed E-state index contributed by atoms with van der Waals surface area (Å²) in [5.74, 6) is -1.10. The minimum atomic E-state index is -1.61. The van der Waals surface area contributed by atoms with Crippen molar-refractivity contribution in [2.75, 3.05) is 6.54 Å². The molecule has 4 unspecified atom stereocenters. The van der Waals surface area contributed by atoms with Crippen molar-refractivity contribution in [2.45, 2.75) is 114 Å². The van der Waals surface area contributed by atoms with E-state index in [1.165, 1.54) is 11.3 Å². The maximum Gasteiger partial charge on any atom is 0.407 e. The van der Waals surface area contributed by atoms with Crippen LogP contribution < -0.4 is 16.8 Å². The van der Waals surface area contributed by atoms with Crippen molar-refractivity contribution in [1.29, 1.82) is 0 Å². The highest BCUT2D eigenvalue weighted by atomic mass is 35.5. The monoisotopic (exact) mass is 621 g/mol. The third-order valence-corrected chi connectivity index (χ3v) is 9.42. The van der Waals surface area contributed by atoms with Crippen molar-refractivity contribution >= 4 is 36.2 Å². The van der Waals surface area contributed by atoms with Crippen LogP contribution in [0, 0.1) is 11.8 Å². The van der Waals surface area contributed by atoms with E-state index in [1.807, 2.05) is 30.3 Å². The number of nitrogens with one attached hydrogen (secondary N) is 1. The number of benzene rings is 1. The molecule has 3 aliphatic rings. The normalized spacial score (nSPS) is 23.6. The smallest absolute Gasteiger partial charge is 0.407 e. The average molecular weight is 622 g/mol. The highest BCUT2D eigenvalue weighted by molar-refractivity contribution is 5.92. The fourth-order valence-corrected chi connectivity index (χ4v) is 7.21. The summed E-state index contributed by atoms with van der Waals surface area (Å²) in [7, 11) is 0. The van der Waals surface area contributed by atoms with Gasteiger partial charge in [0.15, 0.2) is 6.10 Å². The van der Waals surface area contributed by atoms with E-state index in [9.17, 15) is 29.4 Å². The molecule has 4 rings (SSSR count). The first kappa shape index (κ1) is 34.6. The Morgan fingerprint density at radius 2 is 1.72 bits per heavy atom. The number of piperidine rings is 1. The molecule has 2 bridgehead atoms. The summed E-state index contributed by atoms with van der Waals surface area (Å²) in [5, 5.41) is 23.0. The lowest BCUT2D eigenvalue weighted by Gasteiger charge is -2.37. The molecule has 12 heteroatoms. The first-order valence-electron chi connectivity index (χ1n) is 15.5. The molecule has 4 amide bonds. The number of carboxylic acid groups (broad SMARTS) is 1. The summed E-state index contributed by atoms with van der Waals surface area (Å²) in [4.78, 5) is 53.8. The highest BCUT2D eigenvalue weighted by Gasteiger charge is 2.52. The third kappa shape index (κ3) is 9.06. The molecule has 240 valence electrons. The van der Waals surface area contributed by atoms with Crippen LogP contribution in [-0.4, -0.2) is 80.6 Å². The second-order valence-corrected chi connectivity index (χ2v) is 12.4. The third-order valence-electron chi connectivity index (χ3n) is 9.42. The van der Waals surface area contributed by atoms with Gasteiger partial charge in [-0.1, -0.05) is 62.4 Å². The van der Waals surface area contributed by atoms with E-state index in [-0.39, 0.29) is 49.8 Å². The van der Waals surface area contributed by atoms with Crippen LogP contribution in [0.4, 0.5) is 4.79 Å². The van der Waals surface area contributed by atoms with Crippen molar-refractivity contribution in [3.63, 3.8) is 0 Å². The Morgan fingerprint density at radius 3 is 2.37 bits per heavy atom. The Hall–Kier alpha value is -2.89. The van der Waals surface area contributed by atoms with Gasteiger partial charge < -0.3 is 36.8 Å². The number of amides is 4. The van der Waals surface area contributed by atoms with Gasteiger partial charge in [0.2, 0.25) is 17.7 Å². The average Bonchev–Trinajstić information content (AvgIpc) is 3.60. The number of carbonyl (C=O) groups is 4. The molecule has 0 spiro atoms. The van der Waals surface area contributed by atoms with E-state index in [0.717, 1.165) is 50.5 Å². The molecule has 2 saturated carbocycles. The van der Waals surface area contributed by atoms with E-state index >= 15 is 0 Å². The lowest BCUT2D eigenvalue weighted by atomic mass is 9.84. The summed E-state index contributed by atoms with van der Waals surface area (Å²) >= 11 is 0. The molecule has 3 fully saturated rings.